The summed E-state index contributed by atoms with van der Waals surface area (Å²) in [5, 5.41) is -0.738. The van der Waals surface area contributed by atoms with Gasteiger partial charge >= 0.3 is 0 Å². The predicted molar refractivity (Wildman–Crippen MR) is 89.4 cm³/mol. The standard InChI is InChI=1S/C6H8Cl2O2.C4H8O.C2HCl3O/c1-2-10-4-3-5(9)6(7)8;1-3-5-4-2;3-1(4)2(5)6/h3-4,6H,2H2,1H3;3H,1,4H2,2H3;1H. The Balaban J connectivity index is -0.000000252. The number of carbonyl (C=O) groups excluding carboxylic acids is 2. The molecule has 0 amide bonds. The van der Waals surface area contributed by atoms with Crippen molar-refractivity contribution in [2.45, 2.75) is 23.5 Å². The third kappa shape index (κ3) is 28.7. The molecule has 0 aromatic heterocycles. The Hall–Kier alpha value is -0.130. The molecule has 0 bridgehead atoms. The van der Waals surface area contributed by atoms with Crippen molar-refractivity contribution in [2.75, 3.05) is 13.2 Å². The van der Waals surface area contributed by atoms with Gasteiger partial charge < -0.3 is 9.47 Å². The number of halogens is 5. The Kier molecular flexibility index (Phi) is 24.4. The Labute approximate surface area is 149 Å². The van der Waals surface area contributed by atoms with E-state index in [1.807, 2.05) is 13.8 Å². The highest BCUT2D eigenvalue weighted by molar-refractivity contribution is 6.75. The molecular formula is C12H17Cl5O4. The molecule has 0 N–H and O–H groups in total. The van der Waals surface area contributed by atoms with E-state index in [2.05, 4.69) is 11.3 Å². The number of carbonyl (C=O) groups is 2. The van der Waals surface area contributed by atoms with Gasteiger partial charge in [-0.25, -0.2) is 0 Å². The van der Waals surface area contributed by atoms with Crippen LogP contribution in [-0.4, -0.2) is 33.9 Å². The normalized spacial score (nSPS) is 9.38. The molecule has 0 atom stereocenters. The summed E-state index contributed by atoms with van der Waals surface area (Å²) < 4.78 is 9.33. The zero-order chi connectivity index (χ0) is 17.3. The van der Waals surface area contributed by atoms with Gasteiger partial charge in [0.25, 0.3) is 5.24 Å². The van der Waals surface area contributed by atoms with E-state index in [1.54, 1.807) is 0 Å². The van der Waals surface area contributed by atoms with E-state index >= 15 is 0 Å². The van der Waals surface area contributed by atoms with Crippen LogP contribution >= 0.6 is 58.0 Å². The van der Waals surface area contributed by atoms with Gasteiger partial charge in [0.15, 0.2) is 15.5 Å². The zero-order valence-corrected chi connectivity index (χ0v) is 15.3. The van der Waals surface area contributed by atoms with Gasteiger partial charge in [0, 0.05) is 6.08 Å². The summed E-state index contributed by atoms with van der Waals surface area (Å²) in [5.74, 6) is -0.364. The van der Waals surface area contributed by atoms with Crippen LogP contribution in [0.5, 0.6) is 0 Å². The Morgan fingerprint density at radius 1 is 1.05 bits per heavy atom. The van der Waals surface area contributed by atoms with Crippen LogP contribution in [0.3, 0.4) is 0 Å². The first-order valence-electron chi connectivity index (χ1n) is 5.54. The Morgan fingerprint density at radius 2 is 1.48 bits per heavy atom. The maximum absolute atomic E-state index is 10.6. The van der Waals surface area contributed by atoms with Gasteiger partial charge in [0.05, 0.1) is 25.7 Å². The maximum atomic E-state index is 10.6. The minimum Gasteiger partial charge on any atom is -0.502 e. The van der Waals surface area contributed by atoms with E-state index < -0.39 is 14.9 Å². The van der Waals surface area contributed by atoms with E-state index in [4.69, 9.17) is 62.7 Å². The number of hydrogen-bond acceptors (Lipinski definition) is 4. The third-order valence-corrected chi connectivity index (χ3v) is 2.43. The molecule has 9 heteroatoms. The largest absolute Gasteiger partial charge is 0.502 e. The topological polar surface area (TPSA) is 52.6 Å². The minimum absolute atomic E-state index is 0.364. The van der Waals surface area contributed by atoms with Gasteiger partial charge in [0.1, 0.15) is 0 Å². The van der Waals surface area contributed by atoms with Crippen molar-refractivity contribution in [1.82, 2.24) is 0 Å². The number of allylic oxidation sites excluding steroid dienone is 1. The van der Waals surface area contributed by atoms with Crippen LogP contribution in [0.1, 0.15) is 13.8 Å². The maximum Gasteiger partial charge on any atom is 0.254 e. The van der Waals surface area contributed by atoms with Gasteiger partial charge in [-0.3, -0.25) is 9.59 Å². The summed E-state index contributed by atoms with van der Waals surface area (Å²) in [6, 6.07) is 0. The van der Waals surface area contributed by atoms with Crippen molar-refractivity contribution in [3.05, 3.63) is 25.2 Å². The highest BCUT2D eigenvalue weighted by Crippen LogP contribution is 2.04. The van der Waals surface area contributed by atoms with Crippen LogP contribution < -0.4 is 0 Å². The second kappa shape index (κ2) is 19.9. The fraction of sp³-hybridized carbons (Fsp3) is 0.500. The summed E-state index contributed by atoms with van der Waals surface area (Å²) in [5.41, 5.74) is 0. The van der Waals surface area contributed by atoms with E-state index in [0.29, 0.717) is 6.61 Å². The molecule has 21 heavy (non-hydrogen) atoms. The first-order valence-corrected chi connectivity index (χ1v) is 7.66. The van der Waals surface area contributed by atoms with Crippen molar-refractivity contribution in [1.29, 1.82) is 0 Å². The lowest BCUT2D eigenvalue weighted by Gasteiger charge is -1.93. The molecule has 0 saturated heterocycles. The molecule has 0 aromatic carbocycles. The summed E-state index contributed by atoms with van der Waals surface area (Å²) in [6.45, 7) is 8.31. The molecule has 0 fully saturated rings. The summed E-state index contributed by atoms with van der Waals surface area (Å²) in [7, 11) is 0. The smallest absolute Gasteiger partial charge is 0.254 e. The monoisotopic (exact) mass is 400 g/mol. The van der Waals surface area contributed by atoms with Crippen LogP contribution in [-0.2, 0) is 19.1 Å². The molecule has 0 radical (unpaired) electrons. The highest BCUT2D eigenvalue weighted by atomic mass is 35.5. The SMILES string of the molecule is C=COCC.CCOC=CC(=O)C(Cl)Cl.O=C(Cl)C(Cl)Cl. The lowest BCUT2D eigenvalue weighted by atomic mass is 10.4. The van der Waals surface area contributed by atoms with Crippen molar-refractivity contribution >= 4 is 69.0 Å². The Morgan fingerprint density at radius 3 is 1.67 bits per heavy atom. The lowest BCUT2D eigenvalue weighted by Crippen LogP contribution is -2.02. The van der Waals surface area contributed by atoms with Gasteiger partial charge in [-0.1, -0.05) is 53.0 Å². The van der Waals surface area contributed by atoms with Gasteiger partial charge in [-0.15, -0.1) is 0 Å². The molecule has 0 unspecified atom stereocenters. The number of ketones is 1. The number of hydrogen-bond donors (Lipinski definition) is 0. The second-order valence-corrected chi connectivity index (χ2v) is 5.25. The average Bonchev–Trinajstić information content (AvgIpc) is 2.41. The van der Waals surface area contributed by atoms with Gasteiger partial charge in [-0.05, 0) is 25.4 Å². The van der Waals surface area contributed by atoms with Crippen molar-refractivity contribution < 1.29 is 19.1 Å². The molecule has 4 nitrogen and oxygen atoms in total. The molecule has 0 aliphatic carbocycles. The van der Waals surface area contributed by atoms with Crippen LogP contribution in [0.2, 0.25) is 0 Å². The summed E-state index contributed by atoms with van der Waals surface area (Å²) >= 11 is 24.9. The van der Waals surface area contributed by atoms with Gasteiger partial charge in [0.2, 0.25) is 0 Å². The molecular weight excluding hydrogens is 385 g/mol. The van der Waals surface area contributed by atoms with Crippen molar-refractivity contribution in [3.63, 3.8) is 0 Å². The summed E-state index contributed by atoms with van der Waals surface area (Å²) in [6.07, 6.45) is 3.91. The van der Waals surface area contributed by atoms with Crippen LogP contribution in [0.25, 0.3) is 0 Å². The number of ether oxygens (including phenoxy) is 2. The first-order chi connectivity index (χ1) is 9.74. The second-order valence-electron chi connectivity index (χ2n) is 2.69. The molecule has 0 aliphatic rings. The molecule has 0 heterocycles. The van der Waals surface area contributed by atoms with Crippen molar-refractivity contribution in [2.24, 2.45) is 0 Å². The Bertz CT molecular complexity index is 306. The number of alkyl halides is 4. The van der Waals surface area contributed by atoms with E-state index in [0.717, 1.165) is 6.61 Å². The average molecular weight is 403 g/mol. The van der Waals surface area contributed by atoms with Crippen molar-refractivity contribution in [3.8, 4) is 0 Å². The molecule has 0 spiro atoms. The van der Waals surface area contributed by atoms with E-state index in [1.165, 1.54) is 18.6 Å². The molecule has 0 rings (SSSR count). The van der Waals surface area contributed by atoms with Crippen LogP contribution in [0.15, 0.2) is 25.2 Å². The quantitative estimate of drug-likeness (QED) is 0.270. The molecule has 0 aliphatic heterocycles. The summed E-state index contributed by atoms with van der Waals surface area (Å²) in [4.78, 5) is 18.2. The van der Waals surface area contributed by atoms with E-state index in [-0.39, 0.29) is 5.78 Å². The third-order valence-electron chi connectivity index (χ3n) is 1.17. The number of rotatable bonds is 7. The molecule has 0 saturated carbocycles. The first kappa shape index (κ1) is 25.8. The fourth-order valence-corrected chi connectivity index (χ4v) is 0.547. The van der Waals surface area contributed by atoms with Crippen LogP contribution in [0.4, 0.5) is 0 Å². The predicted octanol–water partition coefficient (Wildman–Crippen LogP) is 4.63. The zero-order valence-electron chi connectivity index (χ0n) is 11.5. The minimum atomic E-state index is -1.08. The van der Waals surface area contributed by atoms with Crippen LogP contribution in [0, 0.1) is 0 Å². The molecule has 0 aromatic rings. The molecule has 124 valence electrons. The fourth-order valence-electron chi connectivity index (χ4n) is 0.402. The lowest BCUT2D eigenvalue weighted by molar-refractivity contribution is -0.113. The van der Waals surface area contributed by atoms with E-state index in [9.17, 15) is 9.59 Å². The van der Waals surface area contributed by atoms with Gasteiger partial charge in [-0.2, -0.15) is 0 Å². The highest BCUT2D eigenvalue weighted by Gasteiger charge is 2.06.